The third-order valence-corrected chi connectivity index (χ3v) is 4.66. The molecule has 0 radical (unpaired) electrons. The number of rotatable bonds is 5. The van der Waals surface area contributed by atoms with E-state index < -0.39 is 15.1 Å². The maximum atomic E-state index is 12.7. The van der Waals surface area contributed by atoms with Crippen LogP contribution in [0, 0.1) is 5.82 Å². The van der Waals surface area contributed by atoms with Crippen LogP contribution in [0.25, 0.3) is 0 Å². The van der Waals surface area contributed by atoms with Gasteiger partial charge in [0.25, 0.3) is 0 Å². The van der Waals surface area contributed by atoms with E-state index in [1.165, 1.54) is 18.4 Å². The zero-order valence-corrected chi connectivity index (χ0v) is 11.1. The van der Waals surface area contributed by atoms with Gasteiger partial charge in [-0.3, -0.25) is 0 Å². The van der Waals surface area contributed by atoms with Crippen LogP contribution in [0.15, 0.2) is 24.3 Å². The van der Waals surface area contributed by atoms with Gasteiger partial charge in [-0.05, 0) is 38.1 Å². The molecule has 0 bridgehead atoms. The van der Waals surface area contributed by atoms with Crippen LogP contribution in [0.5, 0.6) is 0 Å². The molecule has 0 aliphatic rings. The summed E-state index contributed by atoms with van der Waals surface area (Å²) in [6, 6.07) is 5.94. The van der Waals surface area contributed by atoms with Gasteiger partial charge in [-0.25, -0.2) is 12.8 Å². The number of sulfone groups is 1. The van der Waals surface area contributed by atoms with Crippen molar-refractivity contribution in [3.05, 3.63) is 35.6 Å². The first-order valence-corrected chi connectivity index (χ1v) is 7.40. The molecule has 3 nitrogen and oxygen atoms in total. The van der Waals surface area contributed by atoms with Crippen LogP contribution in [-0.2, 0) is 16.3 Å². The minimum absolute atomic E-state index is 0.171. The number of benzene rings is 1. The summed E-state index contributed by atoms with van der Waals surface area (Å²) in [7, 11) is -1.35. The molecular formula is C12H18FNO2S. The van der Waals surface area contributed by atoms with Crippen molar-refractivity contribution < 1.29 is 12.8 Å². The molecule has 2 atom stereocenters. The topological polar surface area (TPSA) is 46.2 Å². The maximum Gasteiger partial charge on any atom is 0.151 e. The second-order valence-corrected chi connectivity index (χ2v) is 6.66. The summed E-state index contributed by atoms with van der Waals surface area (Å²) in [6.07, 6.45) is 1.79. The Morgan fingerprint density at radius 1 is 1.29 bits per heavy atom. The van der Waals surface area contributed by atoms with E-state index in [1.807, 2.05) is 0 Å². The van der Waals surface area contributed by atoms with Crippen LogP contribution >= 0.6 is 0 Å². The van der Waals surface area contributed by atoms with E-state index in [2.05, 4.69) is 5.32 Å². The first-order valence-electron chi connectivity index (χ1n) is 5.45. The van der Waals surface area contributed by atoms with Crippen molar-refractivity contribution in [3.8, 4) is 0 Å². The van der Waals surface area contributed by atoms with Crippen molar-refractivity contribution in [2.24, 2.45) is 0 Å². The first-order chi connectivity index (χ1) is 7.84. The van der Waals surface area contributed by atoms with Gasteiger partial charge in [0.05, 0.1) is 5.25 Å². The molecule has 1 N–H and O–H groups in total. The van der Waals surface area contributed by atoms with Gasteiger partial charge >= 0.3 is 0 Å². The summed E-state index contributed by atoms with van der Waals surface area (Å²) in [5, 5.41) is 2.52. The standard InChI is InChI=1S/C12H18FNO2S/c1-9(17(3,15)16)12(14-2)8-10-4-6-11(13)7-5-10/h4-7,9,12,14H,8H2,1-3H3. The average Bonchev–Trinajstić information content (AvgIpc) is 2.26. The summed E-state index contributed by atoms with van der Waals surface area (Å²) in [4.78, 5) is 0. The van der Waals surface area contributed by atoms with E-state index in [1.54, 1.807) is 26.1 Å². The molecule has 0 saturated heterocycles. The Kier molecular flexibility index (Phi) is 4.65. The van der Waals surface area contributed by atoms with E-state index in [4.69, 9.17) is 0 Å². The molecule has 0 aliphatic heterocycles. The second kappa shape index (κ2) is 5.60. The highest BCUT2D eigenvalue weighted by atomic mass is 32.2. The van der Waals surface area contributed by atoms with E-state index in [0.29, 0.717) is 6.42 Å². The lowest BCUT2D eigenvalue weighted by molar-refractivity contribution is 0.516. The Labute approximate surface area is 102 Å². The molecule has 96 valence electrons. The van der Waals surface area contributed by atoms with Gasteiger partial charge in [-0.1, -0.05) is 12.1 Å². The predicted molar refractivity (Wildman–Crippen MR) is 67.3 cm³/mol. The van der Waals surface area contributed by atoms with Crippen molar-refractivity contribution in [1.29, 1.82) is 0 Å². The molecule has 0 fully saturated rings. The van der Waals surface area contributed by atoms with Crippen molar-refractivity contribution in [2.45, 2.75) is 24.6 Å². The van der Waals surface area contributed by atoms with Gasteiger partial charge in [0.2, 0.25) is 0 Å². The maximum absolute atomic E-state index is 12.7. The summed E-state index contributed by atoms with van der Waals surface area (Å²) in [5.74, 6) is -0.286. The Morgan fingerprint density at radius 2 is 1.82 bits per heavy atom. The normalized spacial score (nSPS) is 15.5. The lowest BCUT2D eigenvalue weighted by Crippen LogP contribution is -2.41. The minimum Gasteiger partial charge on any atom is -0.315 e. The zero-order chi connectivity index (χ0) is 13.1. The third-order valence-electron chi connectivity index (χ3n) is 2.98. The molecule has 17 heavy (non-hydrogen) atoms. The monoisotopic (exact) mass is 259 g/mol. The Bertz CT molecular complexity index is 456. The molecule has 0 aliphatic carbocycles. The number of halogens is 1. The van der Waals surface area contributed by atoms with Gasteiger partial charge in [0.15, 0.2) is 9.84 Å². The summed E-state index contributed by atoms with van der Waals surface area (Å²) >= 11 is 0. The lowest BCUT2D eigenvalue weighted by atomic mass is 10.0. The molecule has 0 saturated carbocycles. The van der Waals surface area contributed by atoms with Crippen molar-refractivity contribution in [1.82, 2.24) is 5.32 Å². The smallest absolute Gasteiger partial charge is 0.151 e. The average molecular weight is 259 g/mol. The van der Waals surface area contributed by atoms with E-state index >= 15 is 0 Å². The van der Waals surface area contributed by atoms with Crippen molar-refractivity contribution in [3.63, 3.8) is 0 Å². The quantitative estimate of drug-likeness (QED) is 0.869. The van der Waals surface area contributed by atoms with Crippen LogP contribution in [0.3, 0.4) is 0 Å². The minimum atomic E-state index is -3.08. The zero-order valence-electron chi connectivity index (χ0n) is 10.3. The number of nitrogens with one attached hydrogen (secondary N) is 1. The highest BCUT2D eigenvalue weighted by molar-refractivity contribution is 7.91. The first kappa shape index (κ1) is 14.1. The van der Waals surface area contributed by atoms with Crippen LogP contribution < -0.4 is 5.32 Å². The summed E-state index contributed by atoms with van der Waals surface area (Å²) < 4.78 is 35.7. The lowest BCUT2D eigenvalue weighted by Gasteiger charge is -2.22. The Morgan fingerprint density at radius 3 is 2.24 bits per heavy atom. The largest absolute Gasteiger partial charge is 0.315 e. The SMILES string of the molecule is CNC(Cc1ccc(F)cc1)C(C)S(C)(=O)=O. The number of hydrogen-bond acceptors (Lipinski definition) is 3. The summed E-state index contributed by atoms with van der Waals surface area (Å²) in [5.41, 5.74) is 0.918. The van der Waals surface area contributed by atoms with Gasteiger partial charge in [-0.15, -0.1) is 0 Å². The highest BCUT2D eigenvalue weighted by Gasteiger charge is 2.24. The van der Waals surface area contributed by atoms with E-state index in [-0.39, 0.29) is 11.9 Å². The van der Waals surface area contributed by atoms with Crippen LogP contribution in [-0.4, -0.2) is 33.0 Å². The summed E-state index contributed by atoms with van der Waals surface area (Å²) in [6.45, 7) is 1.68. The fraction of sp³-hybridized carbons (Fsp3) is 0.500. The predicted octanol–water partition coefficient (Wildman–Crippen LogP) is 1.39. The Hall–Kier alpha value is -0.940. The highest BCUT2D eigenvalue weighted by Crippen LogP contribution is 2.12. The van der Waals surface area contributed by atoms with Gasteiger partial charge < -0.3 is 5.32 Å². The van der Waals surface area contributed by atoms with Crippen LogP contribution in [0.1, 0.15) is 12.5 Å². The molecule has 0 heterocycles. The van der Waals surface area contributed by atoms with Gasteiger partial charge in [-0.2, -0.15) is 0 Å². The molecule has 1 rings (SSSR count). The molecule has 5 heteroatoms. The fourth-order valence-corrected chi connectivity index (χ4v) is 2.50. The number of likely N-dealkylation sites (N-methyl/N-ethyl adjacent to an activating group) is 1. The van der Waals surface area contributed by atoms with E-state index in [0.717, 1.165) is 5.56 Å². The fourth-order valence-electron chi connectivity index (χ4n) is 1.68. The van der Waals surface area contributed by atoms with Crippen molar-refractivity contribution >= 4 is 9.84 Å². The molecule has 0 aromatic heterocycles. The Balaban J connectivity index is 2.80. The molecule has 0 amide bonds. The molecular weight excluding hydrogens is 241 g/mol. The molecule has 0 spiro atoms. The molecule has 1 aromatic carbocycles. The molecule has 2 unspecified atom stereocenters. The van der Waals surface area contributed by atoms with E-state index in [9.17, 15) is 12.8 Å². The third kappa shape index (κ3) is 4.09. The van der Waals surface area contributed by atoms with Gasteiger partial charge in [0.1, 0.15) is 5.82 Å². The second-order valence-electron chi connectivity index (χ2n) is 4.26. The van der Waals surface area contributed by atoms with Crippen molar-refractivity contribution in [2.75, 3.05) is 13.3 Å². The van der Waals surface area contributed by atoms with Crippen LogP contribution in [0.2, 0.25) is 0 Å². The van der Waals surface area contributed by atoms with Gasteiger partial charge in [0, 0.05) is 12.3 Å². The number of hydrogen-bond donors (Lipinski definition) is 1. The molecule has 1 aromatic rings. The van der Waals surface area contributed by atoms with Crippen LogP contribution in [0.4, 0.5) is 4.39 Å².